The lowest BCUT2D eigenvalue weighted by molar-refractivity contribution is -0.149. The minimum absolute atomic E-state index is 0.0873. The second kappa shape index (κ2) is 4.79. The largest absolute Gasteiger partial charge is 0.481 e. The molecular formula is C16H19N3O3. The standard InChI is InChI=1S/C16H19N3O3/c1-11-2-3-14-17-13(7-19(14)4-11)6-18-5-12-8-22-10-16(12,9-18)15(20)21/h2-4,7,12H,5-6,8-10H2,1H3,(H,20,21)/t12-,16-/m1/s1. The summed E-state index contributed by atoms with van der Waals surface area (Å²) >= 11 is 0. The summed E-state index contributed by atoms with van der Waals surface area (Å²) in [4.78, 5) is 18.5. The van der Waals surface area contributed by atoms with Crippen molar-refractivity contribution in [2.45, 2.75) is 13.5 Å². The average Bonchev–Trinajstić information content (AvgIpc) is 3.09. The fourth-order valence-electron chi connectivity index (χ4n) is 3.72. The van der Waals surface area contributed by atoms with Crippen LogP contribution < -0.4 is 0 Å². The molecule has 0 saturated carbocycles. The predicted octanol–water partition coefficient (Wildman–Crippen LogP) is 1.18. The molecule has 22 heavy (non-hydrogen) atoms. The third-order valence-electron chi connectivity index (χ3n) is 4.90. The van der Waals surface area contributed by atoms with Crippen LogP contribution in [0.2, 0.25) is 0 Å². The molecule has 2 aromatic rings. The number of hydrogen-bond donors (Lipinski definition) is 1. The molecule has 6 nitrogen and oxygen atoms in total. The van der Waals surface area contributed by atoms with Crippen LogP contribution in [-0.4, -0.2) is 51.7 Å². The number of hydrogen-bond acceptors (Lipinski definition) is 4. The minimum atomic E-state index is -0.733. The minimum Gasteiger partial charge on any atom is -0.481 e. The highest BCUT2D eigenvalue weighted by Crippen LogP contribution is 2.41. The SMILES string of the molecule is Cc1ccc2nc(CN3C[C@@H]4COC[C@]4(C(=O)O)C3)cn2c1. The molecule has 6 heteroatoms. The molecule has 2 atom stereocenters. The van der Waals surface area contributed by atoms with Crippen LogP contribution in [0.15, 0.2) is 24.5 Å². The number of likely N-dealkylation sites (tertiary alicyclic amines) is 1. The molecule has 2 fully saturated rings. The fourth-order valence-corrected chi connectivity index (χ4v) is 3.72. The number of aliphatic carboxylic acids is 1. The molecule has 0 amide bonds. The number of aryl methyl sites for hydroxylation is 1. The Morgan fingerprint density at radius 2 is 2.36 bits per heavy atom. The van der Waals surface area contributed by atoms with Gasteiger partial charge in [-0.15, -0.1) is 0 Å². The summed E-state index contributed by atoms with van der Waals surface area (Å²) in [6, 6.07) is 4.05. The molecule has 0 spiro atoms. The Labute approximate surface area is 128 Å². The second-order valence-corrected chi connectivity index (χ2v) is 6.55. The van der Waals surface area contributed by atoms with E-state index in [1.807, 2.05) is 22.7 Å². The third-order valence-corrected chi connectivity index (χ3v) is 4.90. The van der Waals surface area contributed by atoms with E-state index < -0.39 is 11.4 Å². The van der Waals surface area contributed by atoms with E-state index >= 15 is 0 Å². The highest BCUT2D eigenvalue weighted by atomic mass is 16.5. The second-order valence-electron chi connectivity index (χ2n) is 6.55. The zero-order valence-electron chi connectivity index (χ0n) is 12.5. The fraction of sp³-hybridized carbons (Fsp3) is 0.500. The number of fused-ring (bicyclic) bond motifs is 2. The van der Waals surface area contributed by atoms with Crippen LogP contribution in [0.1, 0.15) is 11.3 Å². The van der Waals surface area contributed by atoms with Crippen molar-refractivity contribution in [2.75, 3.05) is 26.3 Å². The summed E-state index contributed by atoms with van der Waals surface area (Å²) in [5.74, 6) is -0.646. The van der Waals surface area contributed by atoms with Crippen molar-refractivity contribution < 1.29 is 14.6 Å². The molecule has 0 bridgehead atoms. The van der Waals surface area contributed by atoms with Gasteiger partial charge in [-0.25, -0.2) is 4.98 Å². The van der Waals surface area contributed by atoms with Gasteiger partial charge in [-0.2, -0.15) is 0 Å². The van der Waals surface area contributed by atoms with Crippen LogP contribution >= 0.6 is 0 Å². The normalized spacial score (nSPS) is 28.3. The Bertz CT molecular complexity index is 741. The first-order valence-electron chi connectivity index (χ1n) is 7.54. The molecule has 2 aliphatic rings. The van der Waals surface area contributed by atoms with Gasteiger partial charge in [0.25, 0.3) is 0 Å². The van der Waals surface area contributed by atoms with Crippen LogP contribution in [0.5, 0.6) is 0 Å². The smallest absolute Gasteiger partial charge is 0.313 e. The molecule has 4 rings (SSSR count). The van der Waals surface area contributed by atoms with Crippen molar-refractivity contribution in [2.24, 2.45) is 11.3 Å². The number of ether oxygens (including phenoxy) is 1. The molecule has 0 aliphatic carbocycles. The molecule has 2 saturated heterocycles. The zero-order valence-corrected chi connectivity index (χ0v) is 12.5. The summed E-state index contributed by atoms with van der Waals surface area (Å²) in [5.41, 5.74) is 2.37. The van der Waals surface area contributed by atoms with Crippen LogP contribution in [0.25, 0.3) is 5.65 Å². The number of pyridine rings is 1. The van der Waals surface area contributed by atoms with Crippen molar-refractivity contribution in [1.29, 1.82) is 0 Å². The van der Waals surface area contributed by atoms with E-state index in [1.54, 1.807) is 0 Å². The van der Waals surface area contributed by atoms with Gasteiger partial charge in [-0.1, -0.05) is 6.07 Å². The van der Waals surface area contributed by atoms with Crippen LogP contribution in [0.4, 0.5) is 0 Å². The van der Waals surface area contributed by atoms with E-state index in [9.17, 15) is 9.90 Å². The first kappa shape index (κ1) is 13.7. The molecule has 4 heterocycles. The van der Waals surface area contributed by atoms with Crippen molar-refractivity contribution >= 4 is 11.6 Å². The van der Waals surface area contributed by atoms with Gasteiger partial charge in [-0.05, 0) is 18.6 Å². The van der Waals surface area contributed by atoms with E-state index in [2.05, 4.69) is 23.0 Å². The van der Waals surface area contributed by atoms with Crippen molar-refractivity contribution in [1.82, 2.24) is 14.3 Å². The van der Waals surface area contributed by atoms with E-state index in [0.717, 1.165) is 17.9 Å². The lowest BCUT2D eigenvalue weighted by Crippen LogP contribution is -2.38. The van der Waals surface area contributed by atoms with Gasteiger partial charge in [0.15, 0.2) is 0 Å². The first-order valence-corrected chi connectivity index (χ1v) is 7.54. The van der Waals surface area contributed by atoms with Gasteiger partial charge in [0.2, 0.25) is 0 Å². The Morgan fingerprint density at radius 1 is 1.50 bits per heavy atom. The van der Waals surface area contributed by atoms with Crippen LogP contribution in [-0.2, 0) is 16.1 Å². The Balaban J connectivity index is 1.55. The highest BCUT2D eigenvalue weighted by Gasteiger charge is 2.56. The van der Waals surface area contributed by atoms with E-state index in [0.29, 0.717) is 26.3 Å². The molecule has 1 N–H and O–H groups in total. The number of carboxylic acids is 1. The molecule has 2 aromatic heterocycles. The van der Waals surface area contributed by atoms with Crippen molar-refractivity contribution in [3.05, 3.63) is 35.8 Å². The average molecular weight is 301 g/mol. The van der Waals surface area contributed by atoms with Gasteiger partial charge in [0.1, 0.15) is 11.1 Å². The molecule has 0 radical (unpaired) electrons. The van der Waals surface area contributed by atoms with Gasteiger partial charge in [0, 0.05) is 37.9 Å². The van der Waals surface area contributed by atoms with E-state index in [-0.39, 0.29) is 5.92 Å². The Morgan fingerprint density at radius 3 is 3.14 bits per heavy atom. The summed E-state index contributed by atoms with van der Waals surface area (Å²) in [7, 11) is 0. The quantitative estimate of drug-likeness (QED) is 0.922. The predicted molar refractivity (Wildman–Crippen MR) is 79.6 cm³/mol. The highest BCUT2D eigenvalue weighted by molar-refractivity contribution is 5.76. The van der Waals surface area contributed by atoms with E-state index in [4.69, 9.17) is 4.74 Å². The van der Waals surface area contributed by atoms with Gasteiger partial charge < -0.3 is 14.2 Å². The van der Waals surface area contributed by atoms with Crippen LogP contribution in [0.3, 0.4) is 0 Å². The maximum absolute atomic E-state index is 11.7. The maximum atomic E-state index is 11.7. The first-order chi connectivity index (χ1) is 10.6. The number of carboxylic acid groups (broad SMARTS) is 1. The lowest BCUT2D eigenvalue weighted by atomic mass is 9.81. The summed E-state index contributed by atoms with van der Waals surface area (Å²) in [6.45, 7) is 4.92. The Kier molecular flexibility index (Phi) is 2.99. The number of carbonyl (C=O) groups is 1. The van der Waals surface area contributed by atoms with Gasteiger partial charge in [-0.3, -0.25) is 9.69 Å². The lowest BCUT2D eigenvalue weighted by Gasteiger charge is -2.21. The monoisotopic (exact) mass is 301 g/mol. The Hall–Kier alpha value is -1.92. The number of nitrogens with zero attached hydrogens (tertiary/aromatic N) is 3. The molecule has 2 aliphatic heterocycles. The number of aromatic nitrogens is 2. The molecule has 116 valence electrons. The topological polar surface area (TPSA) is 67.1 Å². The molecular weight excluding hydrogens is 282 g/mol. The summed E-state index contributed by atoms with van der Waals surface area (Å²) in [5, 5.41) is 9.58. The number of rotatable bonds is 3. The molecule has 0 unspecified atom stereocenters. The van der Waals surface area contributed by atoms with E-state index in [1.165, 1.54) is 5.56 Å². The molecule has 0 aromatic carbocycles. The summed E-state index contributed by atoms with van der Waals surface area (Å²) in [6.07, 6.45) is 4.08. The maximum Gasteiger partial charge on any atom is 0.313 e. The van der Waals surface area contributed by atoms with Crippen LogP contribution in [0, 0.1) is 18.3 Å². The third kappa shape index (κ3) is 2.02. The summed E-state index contributed by atoms with van der Waals surface area (Å²) < 4.78 is 7.43. The van der Waals surface area contributed by atoms with Crippen molar-refractivity contribution in [3.63, 3.8) is 0 Å². The van der Waals surface area contributed by atoms with Crippen molar-refractivity contribution in [3.8, 4) is 0 Å². The zero-order chi connectivity index (χ0) is 15.3. The van der Waals surface area contributed by atoms with Gasteiger partial charge in [0.05, 0.1) is 18.9 Å². The number of imidazole rings is 1. The van der Waals surface area contributed by atoms with Gasteiger partial charge >= 0.3 is 5.97 Å².